The van der Waals surface area contributed by atoms with E-state index >= 15 is 0 Å². The number of urea groups is 1. The van der Waals surface area contributed by atoms with Crippen molar-refractivity contribution in [1.82, 2.24) is 9.80 Å². The number of carbonyl (C=O) groups excluding carboxylic acids is 1. The minimum absolute atomic E-state index is 0.261. The van der Waals surface area contributed by atoms with Crippen molar-refractivity contribution >= 4 is 12.0 Å². The van der Waals surface area contributed by atoms with Gasteiger partial charge in [-0.05, 0) is 19.3 Å². The second-order valence-corrected chi connectivity index (χ2v) is 4.01. The molecule has 2 amide bonds. The fraction of sp³-hybridized carbons (Fsp3) is 0.667. The molecule has 0 aromatic heterocycles. The molecule has 0 bridgehead atoms. The van der Waals surface area contributed by atoms with Crippen LogP contribution in [0.15, 0.2) is 12.7 Å². The normalized spacial score (nSPS) is 11.7. The largest absolute Gasteiger partial charge is 0.480 e. The van der Waals surface area contributed by atoms with E-state index in [1.54, 1.807) is 20.0 Å². The average molecular weight is 242 g/mol. The van der Waals surface area contributed by atoms with Crippen molar-refractivity contribution in [3.05, 3.63) is 12.7 Å². The Morgan fingerprint density at radius 2 is 2.00 bits per heavy atom. The predicted octanol–water partition coefficient (Wildman–Crippen LogP) is 1.80. The van der Waals surface area contributed by atoms with Crippen LogP contribution in [-0.2, 0) is 4.79 Å². The lowest BCUT2D eigenvalue weighted by Crippen LogP contribution is -2.47. The summed E-state index contributed by atoms with van der Waals surface area (Å²) in [6, 6.07) is -1.02. The van der Waals surface area contributed by atoms with Crippen LogP contribution in [0.25, 0.3) is 0 Å². The summed E-state index contributed by atoms with van der Waals surface area (Å²) in [5.41, 5.74) is 0. The van der Waals surface area contributed by atoms with E-state index in [0.29, 0.717) is 13.0 Å². The third-order valence-electron chi connectivity index (χ3n) is 2.67. The lowest BCUT2D eigenvalue weighted by molar-refractivity contribution is -0.142. The van der Waals surface area contributed by atoms with Crippen LogP contribution in [0.4, 0.5) is 4.79 Å². The first-order chi connectivity index (χ1) is 7.95. The van der Waals surface area contributed by atoms with Crippen LogP contribution in [0.1, 0.15) is 26.2 Å². The van der Waals surface area contributed by atoms with E-state index in [9.17, 15) is 9.59 Å². The van der Waals surface area contributed by atoms with Gasteiger partial charge >= 0.3 is 12.0 Å². The number of hydrogen-bond donors (Lipinski definition) is 1. The molecule has 0 radical (unpaired) electrons. The first-order valence-electron chi connectivity index (χ1n) is 5.77. The molecule has 1 atom stereocenters. The van der Waals surface area contributed by atoms with Crippen molar-refractivity contribution in [2.45, 2.75) is 32.2 Å². The van der Waals surface area contributed by atoms with Crippen molar-refractivity contribution in [1.29, 1.82) is 0 Å². The lowest BCUT2D eigenvalue weighted by atomic mass is 10.2. The Morgan fingerprint density at radius 3 is 2.41 bits per heavy atom. The Labute approximate surface area is 103 Å². The highest BCUT2D eigenvalue weighted by atomic mass is 16.4. The van der Waals surface area contributed by atoms with Crippen molar-refractivity contribution in [2.24, 2.45) is 0 Å². The molecular weight excluding hydrogens is 220 g/mol. The van der Waals surface area contributed by atoms with E-state index in [4.69, 9.17) is 5.11 Å². The highest BCUT2D eigenvalue weighted by Gasteiger charge is 2.26. The molecule has 0 heterocycles. The fourth-order valence-electron chi connectivity index (χ4n) is 1.59. The van der Waals surface area contributed by atoms with E-state index in [0.717, 1.165) is 12.8 Å². The van der Waals surface area contributed by atoms with Gasteiger partial charge in [-0.15, -0.1) is 6.58 Å². The molecule has 5 nitrogen and oxygen atoms in total. The summed E-state index contributed by atoms with van der Waals surface area (Å²) >= 11 is 0. The number of carboxylic acid groups (broad SMARTS) is 1. The molecule has 1 unspecified atom stereocenters. The van der Waals surface area contributed by atoms with Crippen molar-refractivity contribution in [2.75, 3.05) is 20.6 Å². The van der Waals surface area contributed by atoms with Crippen LogP contribution in [-0.4, -0.2) is 53.6 Å². The Morgan fingerprint density at radius 1 is 1.41 bits per heavy atom. The molecular formula is C12H22N2O3. The first kappa shape index (κ1) is 15.5. The highest BCUT2D eigenvalue weighted by molar-refractivity contribution is 5.82. The average Bonchev–Trinajstić information content (AvgIpc) is 2.28. The number of unbranched alkanes of at least 4 members (excludes halogenated alkanes) is 1. The Bertz CT molecular complexity index is 279. The molecule has 0 aromatic carbocycles. The van der Waals surface area contributed by atoms with Gasteiger partial charge in [-0.2, -0.15) is 0 Å². The molecule has 0 saturated heterocycles. The number of nitrogens with zero attached hydrogens (tertiary/aromatic N) is 2. The smallest absolute Gasteiger partial charge is 0.326 e. The molecule has 0 aliphatic heterocycles. The molecule has 5 heteroatoms. The van der Waals surface area contributed by atoms with E-state index in [1.807, 2.05) is 0 Å². The number of carboxylic acids is 1. The topological polar surface area (TPSA) is 60.9 Å². The Balaban J connectivity index is 4.36. The van der Waals surface area contributed by atoms with Crippen molar-refractivity contribution < 1.29 is 14.7 Å². The number of aliphatic carboxylic acids is 1. The zero-order valence-corrected chi connectivity index (χ0v) is 10.8. The standard InChI is InChI=1S/C12H22N2O3/c1-5-7-8-9-13(3)12(17)14(4)10(6-2)11(15)16/h5,10H,1,6-9H2,2-4H3,(H,15,16). The van der Waals surface area contributed by atoms with Gasteiger partial charge in [0.25, 0.3) is 0 Å². The van der Waals surface area contributed by atoms with Crippen molar-refractivity contribution in [3.8, 4) is 0 Å². The first-order valence-corrected chi connectivity index (χ1v) is 5.77. The lowest BCUT2D eigenvalue weighted by Gasteiger charge is -2.28. The number of hydrogen-bond acceptors (Lipinski definition) is 2. The maximum Gasteiger partial charge on any atom is 0.326 e. The summed E-state index contributed by atoms with van der Waals surface area (Å²) in [5.74, 6) is -0.970. The van der Waals surface area contributed by atoms with Crippen LogP contribution in [0.5, 0.6) is 0 Å². The number of carbonyl (C=O) groups is 2. The molecule has 0 saturated carbocycles. The maximum atomic E-state index is 11.9. The summed E-state index contributed by atoms with van der Waals surface area (Å²) in [7, 11) is 3.20. The van der Waals surface area contributed by atoms with E-state index in [1.165, 1.54) is 16.8 Å². The maximum absolute atomic E-state index is 11.9. The summed E-state index contributed by atoms with van der Waals surface area (Å²) in [6.07, 6.45) is 3.88. The highest BCUT2D eigenvalue weighted by Crippen LogP contribution is 2.06. The van der Waals surface area contributed by atoms with Gasteiger partial charge in [-0.3, -0.25) is 0 Å². The molecule has 98 valence electrons. The molecule has 0 fully saturated rings. The minimum atomic E-state index is -0.970. The molecule has 0 aliphatic rings. The van der Waals surface area contributed by atoms with Gasteiger partial charge in [-0.25, -0.2) is 9.59 Å². The monoisotopic (exact) mass is 242 g/mol. The summed E-state index contributed by atoms with van der Waals surface area (Å²) in [4.78, 5) is 25.6. The minimum Gasteiger partial charge on any atom is -0.480 e. The zero-order chi connectivity index (χ0) is 13.4. The van der Waals surface area contributed by atoms with E-state index < -0.39 is 12.0 Å². The Kier molecular flexibility index (Phi) is 7.02. The van der Waals surface area contributed by atoms with Gasteiger partial charge in [0, 0.05) is 20.6 Å². The zero-order valence-electron chi connectivity index (χ0n) is 10.8. The van der Waals surface area contributed by atoms with E-state index in [-0.39, 0.29) is 6.03 Å². The van der Waals surface area contributed by atoms with Crippen molar-refractivity contribution in [3.63, 3.8) is 0 Å². The van der Waals surface area contributed by atoms with Gasteiger partial charge in [0.2, 0.25) is 0 Å². The molecule has 1 N–H and O–H groups in total. The number of allylic oxidation sites excluding steroid dienone is 1. The fourth-order valence-corrected chi connectivity index (χ4v) is 1.59. The van der Waals surface area contributed by atoms with Gasteiger partial charge in [0.15, 0.2) is 0 Å². The number of amides is 2. The van der Waals surface area contributed by atoms with Gasteiger partial charge in [-0.1, -0.05) is 13.0 Å². The van der Waals surface area contributed by atoms with Crippen LogP contribution in [0.3, 0.4) is 0 Å². The van der Waals surface area contributed by atoms with Crippen LogP contribution in [0.2, 0.25) is 0 Å². The number of likely N-dealkylation sites (N-methyl/N-ethyl adjacent to an activating group) is 1. The predicted molar refractivity (Wildman–Crippen MR) is 66.9 cm³/mol. The molecule has 0 spiro atoms. The molecule has 0 aromatic rings. The van der Waals surface area contributed by atoms with E-state index in [2.05, 4.69) is 6.58 Å². The quantitative estimate of drug-likeness (QED) is 0.547. The van der Waals surface area contributed by atoms with Gasteiger partial charge < -0.3 is 14.9 Å². The number of rotatable bonds is 7. The summed E-state index contributed by atoms with van der Waals surface area (Å²) in [6.45, 7) is 5.96. The Hall–Kier alpha value is -1.52. The van der Waals surface area contributed by atoms with Gasteiger partial charge in [0.05, 0.1) is 0 Å². The summed E-state index contributed by atoms with van der Waals surface area (Å²) in [5, 5.41) is 8.96. The molecule has 0 rings (SSSR count). The van der Waals surface area contributed by atoms with Crippen LogP contribution < -0.4 is 0 Å². The molecule has 0 aliphatic carbocycles. The van der Waals surface area contributed by atoms with Crippen LogP contribution >= 0.6 is 0 Å². The second-order valence-electron chi connectivity index (χ2n) is 4.01. The molecule has 17 heavy (non-hydrogen) atoms. The van der Waals surface area contributed by atoms with Crippen LogP contribution in [0, 0.1) is 0 Å². The third-order valence-corrected chi connectivity index (χ3v) is 2.67. The SMILES string of the molecule is C=CCCCN(C)C(=O)N(C)C(CC)C(=O)O. The third kappa shape index (κ3) is 4.89. The van der Waals surface area contributed by atoms with Gasteiger partial charge in [0.1, 0.15) is 6.04 Å². The summed E-state index contributed by atoms with van der Waals surface area (Å²) < 4.78 is 0. The second kappa shape index (κ2) is 7.70.